The Kier molecular flexibility index (Phi) is 6.69. The Balaban J connectivity index is 1.57. The predicted molar refractivity (Wildman–Crippen MR) is 115 cm³/mol. The van der Waals surface area contributed by atoms with Gasteiger partial charge in [-0.3, -0.25) is 10.1 Å². The number of hydrogen-bond donors (Lipinski definition) is 0. The van der Waals surface area contributed by atoms with E-state index in [0.29, 0.717) is 24.7 Å². The van der Waals surface area contributed by atoms with Gasteiger partial charge in [0.15, 0.2) is 0 Å². The number of nitrogens with zero attached hydrogens (tertiary/aromatic N) is 1. The second-order valence-corrected chi connectivity index (χ2v) is 7.61. The minimum atomic E-state index is -0.435. The van der Waals surface area contributed by atoms with Crippen molar-refractivity contribution in [3.8, 4) is 17.2 Å². The molecule has 0 aromatic heterocycles. The monoisotopic (exact) mass is 407 g/mol. The molecule has 0 saturated carbocycles. The van der Waals surface area contributed by atoms with Crippen LogP contribution >= 0.6 is 0 Å². The molecule has 30 heavy (non-hydrogen) atoms. The normalized spacial score (nSPS) is 11.2. The maximum atomic E-state index is 10.8. The van der Waals surface area contributed by atoms with Crippen LogP contribution in [0.4, 0.5) is 5.69 Å². The van der Waals surface area contributed by atoms with E-state index in [1.165, 1.54) is 17.7 Å². The van der Waals surface area contributed by atoms with Gasteiger partial charge < -0.3 is 14.2 Å². The first kappa shape index (κ1) is 21.3. The van der Waals surface area contributed by atoms with Crippen LogP contribution in [0.5, 0.6) is 17.2 Å². The fraction of sp³-hybridized carbons (Fsp3) is 0.250. The molecule has 0 radical (unpaired) electrons. The SMILES string of the molecule is COc1ccc(C(C)(C)COCc2cccc(Oc3ccc([N+](=O)[O-])cc3)c2)cc1. The van der Waals surface area contributed by atoms with Crippen molar-refractivity contribution < 1.29 is 19.1 Å². The summed E-state index contributed by atoms with van der Waals surface area (Å²) in [4.78, 5) is 10.3. The van der Waals surface area contributed by atoms with E-state index in [0.717, 1.165) is 11.3 Å². The van der Waals surface area contributed by atoms with Gasteiger partial charge in [-0.15, -0.1) is 0 Å². The maximum absolute atomic E-state index is 10.8. The molecule has 0 aliphatic heterocycles. The van der Waals surface area contributed by atoms with Gasteiger partial charge in [-0.1, -0.05) is 38.1 Å². The Bertz CT molecular complexity index is 981. The molecule has 0 amide bonds. The summed E-state index contributed by atoms with van der Waals surface area (Å²) in [5.41, 5.74) is 2.06. The Morgan fingerprint density at radius 2 is 1.57 bits per heavy atom. The number of nitro benzene ring substituents is 1. The molecule has 0 N–H and O–H groups in total. The summed E-state index contributed by atoms with van der Waals surface area (Å²) in [5, 5.41) is 10.8. The van der Waals surface area contributed by atoms with Crippen molar-refractivity contribution in [1.82, 2.24) is 0 Å². The van der Waals surface area contributed by atoms with Gasteiger partial charge in [-0.2, -0.15) is 0 Å². The molecule has 0 bridgehead atoms. The lowest BCUT2D eigenvalue weighted by Crippen LogP contribution is -2.24. The lowest BCUT2D eigenvalue weighted by atomic mass is 9.85. The number of non-ortho nitro benzene ring substituents is 1. The second kappa shape index (κ2) is 9.41. The Hall–Kier alpha value is -3.38. The largest absolute Gasteiger partial charge is 0.497 e. The van der Waals surface area contributed by atoms with Crippen molar-refractivity contribution >= 4 is 5.69 Å². The smallest absolute Gasteiger partial charge is 0.269 e. The molecular weight excluding hydrogens is 382 g/mol. The molecule has 6 heteroatoms. The average molecular weight is 407 g/mol. The zero-order valence-electron chi connectivity index (χ0n) is 17.3. The third-order valence-corrected chi connectivity index (χ3v) is 4.78. The lowest BCUT2D eigenvalue weighted by Gasteiger charge is -2.25. The number of hydrogen-bond acceptors (Lipinski definition) is 5. The first-order chi connectivity index (χ1) is 14.4. The predicted octanol–water partition coefficient (Wildman–Crippen LogP) is 5.89. The van der Waals surface area contributed by atoms with E-state index in [-0.39, 0.29) is 11.1 Å². The Morgan fingerprint density at radius 3 is 2.20 bits per heavy atom. The molecule has 3 aromatic carbocycles. The van der Waals surface area contributed by atoms with Crippen molar-refractivity contribution in [3.63, 3.8) is 0 Å². The van der Waals surface area contributed by atoms with Gasteiger partial charge in [0.25, 0.3) is 5.69 Å². The quantitative estimate of drug-likeness (QED) is 0.327. The van der Waals surface area contributed by atoms with Crippen LogP contribution in [-0.4, -0.2) is 18.6 Å². The molecule has 0 aliphatic carbocycles. The lowest BCUT2D eigenvalue weighted by molar-refractivity contribution is -0.384. The summed E-state index contributed by atoms with van der Waals surface area (Å²) < 4.78 is 17.0. The molecule has 3 rings (SSSR count). The van der Waals surface area contributed by atoms with E-state index < -0.39 is 4.92 Å². The third-order valence-electron chi connectivity index (χ3n) is 4.78. The highest BCUT2D eigenvalue weighted by molar-refractivity contribution is 5.39. The number of benzene rings is 3. The summed E-state index contributed by atoms with van der Waals surface area (Å²) >= 11 is 0. The zero-order valence-corrected chi connectivity index (χ0v) is 17.3. The maximum Gasteiger partial charge on any atom is 0.269 e. The average Bonchev–Trinajstić information content (AvgIpc) is 2.74. The third kappa shape index (κ3) is 5.58. The van der Waals surface area contributed by atoms with Crippen LogP contribution in [0.25, 0.3) is 0 Å². The Morgan fingerprint density at radius 1 is 0.900 bits per heavy atom. The minimum Gasteiger partial charge on any atom is -0.497 e. The van der Waals surface area contributed by atoms with E-state index in [1.807, 2.05) is 36.4 Å². The first-order valence-corrected chi connectivity index (χ1v) is 9.61. The highest BCUT2D eigenvalue weighted by Crippen LogP contribution is 2.27. The molecule has 0 spiro atoms. The molecule has 0 aliphatic rings. The summed E-state index contributed by atoms with van der Waals surface area (Å²) in [6.07, 6.45) is 0. The highest BCUT2D eigenvalue weighted by Gasteiger charge is 2.21. The van der Waals surface area contributed by atoms with Crippen LogP contribution in [-0.2, 0) is 16.8 Å². The van der Waals surface area contributed by atoms with E-state index in [4.69, 9.17) is 14.2 Å². The number of methoxy groups -OCH3 is 1. The molecule has 0 unspecified atom stereocenters. The van der Waals surface area contributed by atoms with Crippen molar-refractivity contribution in [2.45, 2.75) is 25.9 Å². The van der Waals surface area contributed by atoms with Gasteiger partial charge >= 0.3 is 0 Å². The molecule has 3 aromatic rings. The summed E-state index contributed by atoms with van der Waals surface area (Å²) in [7, 11) is 1.66. The minimum absolute atomic E-state index is 0.0315. The van der Waals surface area contributed by atoms with E-state index in [2.05, 4.69) is 26.0 Å². The van der Waals surface area contributed by atoms with Crippen LogP contribution in [0, 0.1) is 10.1 Å². The standard InChI is InChI=1S/C24H25NO5/c1-24(2,19-7-11-21(28-3)12-8-19)17-29-16-18-5-4-6-23(15-18)30-22-13-9-20(10-14-22)25(26)27/h4-15H,16-17H2,1-3H3. The van der Waals surface area contributed by atoms with Crippen molar-refractivity contribution in [2.75, 3.05) is 13.7 Å². The van der Waals surface area contributed by atoms with E-state index in [9.17, 15) is 10.1 Å². The fourth-order valence-corrected chi connectivity index (χ4v) is 3.02. The molecule has 0 fully saturated rings. The topological polar surface area (TPSA) is 70.8 Å². The summed E-state index contributed by atoms with van der Waals surface area (Å²) in [5.74, 6) is 2.03. The van der Waals surface area contributed by atoms with Gasteiger partial charge in [-0.25, -0.2) is 0 Å². The molecule has 0 saturated heterocycles. The van der Waals surface area contributed by atoms with Crippen molar-refractivity contribution in [3.05, 3.63) is 94.0 Å². The fourth-order valence-electron chi connectivity index (χ4n) is 3.02. The molecule has 0 heterocycles. The molecule has 6 nitrogen and oxygen atoms in total. The van der Waals surface area contributed by atoms with Gasteiger partial charge in [-0.05, 0) is 47.5 Å². The van der Waals surface area contributed by atoms with Crippen molar-refractivity contribution in [2.24, 2.45) is 0 Å². The van der Waals surface area contributed by atoms with Gasteiger partial charge in [0, 0.05) is 17.5 Å². The first-order valence-electron chi connectivity index (χ1n) is 9.61. The number of ether oxygens (including phenoxy) is 3. The summed E-state index contributed by atoms with van der Waals surface area (Å²) in [6.45, 7) is 5.30. The second-order valence-electron chi connectivity index (χ2n) is 7.61. The van der Waals surface area contributed by atoms with Crippen LogP contribution < -0.4 is 9.47 Å². The van der Waals surface area contributed by atoms with Crippen LogP contribution in [0.15, 0.2) is 72.8 Å². The van der Waals surface area contributed by atoms with Crippen molar-refractivity contribution in [1.29, 1.82) is 0 Å². The zero-order chi connectivity index (χ0) is 21.6. The molecule has 0 atom stereocenters. The molecular formula is C24H25NO5. The molecule has 156 valence electrons. The van der Waals surface area contributed by atoms with E-state index >= 15 is 0 Å². The Labute approximate surface area is 176 Å². The highest BCUT2D eigenvalue weighted by atomic mass is 16.6. The number of rotatable bonds is 9. The van der Waals surface area contributed by atoms with Crippen LogP contribution in [0.3, 0.4) is 0 Å². The van der Waals surface area contributed by atoms with E-state index in [1.54, 1.807) is 19.2 Å². The van der Waals surface area contributed by atoms with Gasteiger partial charge in [0.1, 0.15) is 17.2 Å². The van der Waals surface area contributed by atoms with Crippen LogP contribution in [0.2, 0.25) is 0 Å². The van der Waals surface area contributed by atoms with Crippen LogP contribution in [0.1, 0.15) is 25.0 Å². The summed E-state index contributed by atoms with van der Waals surface area (Å²) in [6, 6.07) is 21.6. The number of nitro groups is 1. The van der Waals surface area contributed by atoms with Gasteiger partial charge in [0.05, 0.1) is 25.2 Å². The van der Waals surface area contributed by atoms with Gasteiger partial charge in [0.2, 0.25) is 0 Å².